The van der Waals surface area contributed by atoms with Crippen LogP contribution in [0, 0.1) is 0 Å². The number of nitrogens with zero attached hydrogens (tertiary/aromatic N) is 1. The second kappa shape index (κ2) is 7.13. The van der Waals surface area contributed by atoms with Gasteiger partial charge in [0, 0.05) is 20.6 Å². The molecule has 7 heteroatoms. The first kappa shape index (κ1) is 16.8. The smallest absolute Gasteiger partial charge is 0.271 e. The molecule has 4 nitrogen and oxygen atoms in total. The van der Waals surface area contributed by atoms with Crippen molar-refractivity contribution in [3.63, 3.8) is 0 Å². The van der Waals surface area contributed by atoms with E-state index in [1.807, 2.05) is 0 Å². The highest BCUT2D eigenvalue weighted by molar-refractivity contribution is 9.10. The van der Waals surface area contributed by atoms with E-state index in [2.05, 4.69) is 26.5 Å². The highest BCUT2D eigenvalue weighted by atomic mass is 79.9. The quantitative estimate of drug-likeness (QED) is 0.582. The molecule has 0 heterocycles. The largest absolute Gasteiger partial charge is 0.507 e. The summed E-state index contributed by atoms with van der Waals surface area (Å²) in [4.78, 5) is 12.0. The van der Waals surface area contributed by atoms with Crippen LogP contribution < -0.4 is 5.43 Å². The summed E-state index contributed by atoms with van der Waals surface area (Å²) in [5.74, 6) is -0.354. The number of aromatic hydroxyl groups is 1. The number of benzene rings is 2. The van der Waals surface area contributed by atoms with Crippen LogP contribution >= 0.6 is 39.1 Å². The monoisotopic (exact) mass is 400 g/mol. The molecule has 2 aromatic rings. The Labute approximate surface area is 145 Å². The lowest BCUT2D eigenvalue weighted by Gasteiger charge is -2.06. The van der Waals surface area contributed by atoms with Gasteiger partial charge >= 0.3 is 0 Å². The van der Waals surface area contributed by atoms with Gasteiger partial charge in [-0.15, -0.1) is 0 Å². The molecule has 0 bridgehead atoms. The molecule has 114 valence electrons. The van der Waals surface area contributed by atoms with Crippen molar-refractivity contribution in [3.8, 4) is 5.75 Å². The Hall–Kier alpha value is -1.56. The van der Waals surface area contributed by atoms with E-state index in [4.69, 9.17) is 23.2 Å². The van der Waals surface area contributed by atoms with E-state index >= 15 is 0 Å². The van der Waals surface area contributed by atoms with E-state index in [1.54, 1.807) is 37.3 Å². The summed E-state index contributed by atoms with van der Waals surface area (Å²) < 4.78 is 0.620. The van der Waals surface area contributed by atoms with Crippen molar-refractivity contribution in [3.05, 3.63) is 62.0 Å². The van der Waals surface area contributed by atoms with Crippen LogP contribution in [0.3, 0.4) is 0 Å². The van der Waals surface area contributed by atoms with Gasteiger partial charge in [0.2, 0.25) is 0 Å². The Bertz CT molecular complexity index is 763. The summed E-state index contributed by atoms with van der Waals surface area (Å²) in [6, 6.07) is 9.40. The third-order valence-corrected chi connectivity index (χ3v) is 4.30. The Balaban J connectivity index is 2.18. The Kier molecular flexibility index (Phi) is 5.45. The first-order valence-corrected chi connectivity index (χ1v) is 7.72. The average molecular weight is 402 g/mol. The van der Waals surface area contributed by atoms with Gasteiger partial charge in [-0.25, -0.2) is 5.43 Å². The van der Waals surface area contributed by atoms with Crippen molar-refractivity contribution >= 4 is 50.8 Å². The number of halogens is 3. The Morgan fingerprint density at radius 3 is 2.64 bits per heavy atom. The maximum atomic E-state index is 12.0. The summed E-state index contributed by atoms with van der Waals surface area (Å²) in [5, 5.41) is 14.7. The summed E-state index contributed by atoms with van der Waals surface area (Å²) in [6.45, 7) is 1.66. The number of nitrogens with one attached hydrogen (secondary N) is 1. The summed E-state index contributed by atoms with van der Waals surface area (Å²) in [5.41, 5.74) is 3.71. The molecule has 0 atom stereocenters. The minimum Gasteiger partial charge on any atom is -0.507 e. The van der Waals surface area contributed by atoms with Crippen molar-refractivity contribution in [2.75, 3.05) is 0 Å². The summed E-state index contributed by atoms with van der Waals surface area (Å²) in [7, 11) is 0. The van der Waals surface area contributed by atoms with Gasteiger partial charge in [0.15, 0.2) is 0 Å². The van der Waals surface area contributed by atoms with Crippen LogP contribution in [0.25, 0.3) is 0 Å². The van der Waals surface area contributed by atoms with E-state index < -0.39 is 5.91 Å². The van der Waals surface area contributed by atoms with Crippen LogP contribution in [-0.2, 0) is 0 Å². The van der Waals surface area contributed by atoms with Crippen LogP contribution in [-0.4, -0.2) is 16.7 Å². The molecular formula is C15H11BrCl2N2O2. The van der Waals surface area contributed by atoms with Gasteiger partial charge in [-0.1, -0.05) is 23.2 Å². The maximum Gasteiger partial charge on any atom is 0.271 e. The van der Waals surface area contributed by atoms with Crippen LogP contribution in [0.15, 0.2) is 46.0 Å². The van der Waals surface area contributed by atoms with Crippen molar-refractivity contribution in [1.29, 1.82) is 0 Å². The molecule has 0 saturated heterocycles. The molecule has 2 rings (SSSR count). The number of rotatable bonds is 3. The third kappa shape index (κ3) is 4.00. The van der Waals surface area contributed by atoms with E-state index in [-0.39, 0.29) is 5.75 Å². The average Bonchev–Trinajstić information content (AvgIpc) is 2.49. The van der Waals surface area contributed by atoms with Crippen LogP contribution in [0.1, 0.15) is 22.8 Å². The Morgan fingerprint density at radius 2 is 1.95 bits per heavy atom. The Morgan fingerprint density at radius 1 is 1.23 bits per heavy atom. The molecule has 0 fully saturated rings. The van der Waals surface area contributed by atoms with Crippen molar-refractivity contribution in [2.24, 2.45) is 5.10 Å². The number of phenols is 1. The van der Waals surface area contributed by atoms with E-state index in [9.17, 15) is 9.90 Å². The SMILES string of the molecule is C/C(=N/NC(=O)c1ccc(Cl)c(Br)c1)c1cc(Cl)ccc1O. The molecular weight excluding hydrogens is 391 g/mol. The first-order valence-electron chi connectivity index (χ1n) is 6.17. The second-order valence-electron chi connectivity index (χ2n) is 4.43. The molecule has 0 saturated carbocycles. The highest BCUT2D eigenvalue weighted by Gasteiger charge is 2.09. The lowest BCUT2D eigenvalue weighted by atomic mass is 10.1. The second-order valence-corrected chi connectivity index (χ2v) is 6.13. The molecule has 0 radical (unpaired) electrons. The number of phenolic OH excluding ortho intramolecular Hbond substituents is 1. The number of carbonyl (C=O) groups excluding carboxylic acids is 1. The molecule has 0 aromatic heterocycles. The van der Waals surface area contributed by atoms with Crippen LogP contribution in [0.4, 0.5) is 0 Å². The minimum atomic E-state index is -0.391. The van der Waals surface area contributed by atoms with Gasteiger partial charge in [0.25, 0.3) is 5.91 Å². The predicted molar refractivity (Wildman–Crippen MR) is 91.9 cm³/mol. The number of hydrogen-bond donors (Lipinski definition) is 2. The van der Waals surface area contributed by atoms with Gasteiger partial charge in [0.05, 0.1) is 10.7 Å². The minimum absolute atomic E-state index is 0.0362. The molecule has 0 unspecified atom stereocenters. The number of amides is 1. The number of carbonyl (C=O) groups is 1. The van der Waals surface area contributed by atoms with Gasteiger partial charge in [-0.2, -0.15) is 5.10 Å². The lowest BCUT2D eigenvalue weighted by Crippen LogP contribution is -2.19. The van der Waals surface area contributed by atoms with E-state index in [1.165, 1.54) is 6.07 Å². The van der Waals surface area contributed by atoms with Crippen molar-refractivity contribution in [1.82, 2.24) is 5.43 Å². The molecule has 0 aliphatic carbocycles. The predicted octanol–water partition coefficient (Wildman–Crippen LogP) is 4.62. The first-order chi connectivity index (χ1) is 10.4. The molecule has 0 spiro atoms. The lowest BCUT2D eigenvalue weighted by molar-refractivity contribution is 0.0954. The molecule has 2 aromatic carbocycles. The fourth-order valence-corrected chi connectivity index (χ4v) is 2.36. The van der Waals surface area contributed by atoms with E-state index in [0.29, 0.717) is 31.4 Å². The molecule has 0 aliphatic heterocycles. The standard InChI is InChI=1S/C15H11BrCl2N2O2/c1-8(11-7-10(17)3-5-14(11)21)19-20-15(22)9-2-4-13(18)12(16)6-9/h2-7,21H,1H3,(H,20,22)/b19-8-. The zero-order chi connectivity index (χ0) is 16.3. The number of hydrazone groups is 1. The van der Waals surface area contributed by atoms with Gasteiger partial charge in [0.1, 0.15) is 5.75 Å². The molecule has 2 N–H and O–H groups in total. The van der Waals surface area contributed by atoms with E-state index in [0.717, 1.165) is 0 Å². The van der Waals surface area contributed by atoms with Gasteiger partial charge in [-0.05, 0) is 59.3 Å². The molecule has 22 heavy (non-hydrogen) atoms. The zero-order valence-electron chi connectivity index (χ0n) is 11.4. The topological polar surface area (TPSA) is 61.7 Å². The van der Waals surface area contributed by atoms with Crippen molar-refractivity contribution in [2.45, 2.75) is 6.92 Å². The normalized spacial score (nSPS) is 11.4. The number of hydrogen-bond acceptors (Lipinski definition) is 3. The highest BCUT2D eigenvalue weighted by Crippen LogP contribution is 2.24. The third-order valence-electron chi connectivity index (χ3n) is 2.86. The van der Waals surface area contributed by atoms with Crippen molar-refractivity contribution < 1.29 is 9.90 Å². The van der Waals surface area contributed by atoms with Crippen LogP contribution in [0.5, 0.6) is 5.75 Å². The van der Waals surface area contributed by atoms with Gasteiger partial charge in [-0.3, -0.25) is 4.79 Å². The van der Waals surface area contributed by atoms with Gasteiger partial charge < -0.3 is 5.11 Å². The molecule has 1 amide bonds. The zero-order valence-corrected chi connectivity index (χ0v) is 14.5. The molecule has 0 aliphatic rings. The maximum absolute atomic E-state index is 12.0. The fourth-order valence-electron chi connectivity index (χ4n) is 1.69. The summed E-state index contributed by atoms with van der Waals surface area (Å²) >= 11 is 15.0. The fraction of sp³-hybridized carbons (Fsp3) is 0.0667. The summed E-state index contributed by atoms with van der Waals surface area (Å²) in [6.07, 6.45) is 0. The van der Waals surface area contributed by atoms with Crippen LogP contribution in [0.2, 0.25) is 10.0 Å².